The molecule has 0 aliphatic carbocycles. The molecule has 0 aromatic heterocycles. The molecule has 1 fully saturated rings. The van der Waals surface area contributed by atoms with Crippen LogP contribution in [0.3, 0.4) is 0 Å². The highest BCUT2D eigenvalue weighted by atomic mass is 35.5. The van der Waals surface area contributed by atoms with Gasteiger partial charge in [-0.25, -0.2) is 0 Å². The predicted molar refractivity (Wildman–Crippen MR) is 62.2 cm³/mol. The summed E-state index contributed by atoms with van der Waals surface area (Å²) < 4.78 is 0. The van der Waals surface area contributed by atoms with Crippen molar-refractivity contribution in [1.82, 2.24) is 4.90 Å². The van der Waals surface area contributed by atoms with Crippen LogP contribution in [0.1, 0.15) is 24.8 Å². The van der Waals surface area contributed by atoms with E-state index in [2.05, 4.69) is 4.90 Å². The van der Waals surface area contributed by atoms with Crippen LogP contribution in [-0.2, 0) is 6.54 Å². The van der Waals surface area contributed by atoms with Gasteiger partial charge in [-0.1, -0.05) is 24.1 Å². The van der Waals surface area contributed by atoms with E-state index < -0.39 is 0 Å². The standard InChI is InChI=1S/C12H16ClNO/c13-11-5-4-6-12(15)10(11)9-14-7-2-1-3-8-14/h4-6,15H,1-3,7-9H2. The summed E-state index contributed by atoms with van der Waals surface area (Å²) in [5.41, 5.74) is 0.862. The van der Waals surface area contributed by atoms with Crippen LogP contribution < -0.4 is 0 Å². The van der Waals surface area contributed by atoms with Crippen LogP contribution in [0.15, 0.2) is 18.2 Å². The fourth-order valence-electron chi connectivity index (χ4n) is 2.04. The number of hydrogen-bond acceptors (Lipinski definition) is 2. The average Bonchev–Trinajstić information content (AvgIpc) is 2.25. The smallest absolute Gasteiger partial charge is 0.121 e. The number of halogens is 1. The maximum atomic E-state index is 9.71. The van der Waals surface area contributed by atoms with Gasteiger partial charge in [-0.2, -0.15) is 0 Å². The molecule has 0 radical (unpaired) electrons. The van der Waals surface area contributed by atoms with Crippen LogP contribution in [0.2, 0.25) is 5.02 Å². The molecule has 0 bridgehead atoms. The summed E-state index contributed by atoms with van der Waals surface area (Å²) in [4.78, 5) is 2.35. The molecule has 0 amide bonds. The number of piperidine rings is 1. The summed E-state index contributed by atoms with van der Waals surface area (Å²) in [5.74, 6) is 0.313. The fraction of sp³-hybridized carbons (Fsp3) is 0.500. The Labute approximate surface area is 95.5 Å². The number of rotatable bonds is 2. The van der Waals surface area contributed by atoms with Crippen molar-refractivity contribution >= 4 is 11.6 Å². The molecule has 1 saturated heterocycles. The molecule has 82 valence electrons. The maximum Gasteiger partial charge on any atom is 0.121 e. The highest BCUT2D eigenvalue weighted by Gasteiger charge is 2.14. The lowest BCUT2D eigenvalue weighted by molar-refractivity contribution is 0.218. The van der Waals surface area contributed by atoms with Crippen LogP contribution in [0.4, 0.5) is 0 Å². The largest absolute Gasteiger partial charge is 0.508 e. The number of hydrogen-bond donors (Lipinski definition) is 1. The van der Waals surface area contributed by atoms with Crippen molar-refractivity contribution < 1.29 is 5.11 Å². The van der Waals surface area contributed by atoms with Crippen molar-refractivity contribution in [2.45, 2.75) is 25.8 Å². The number of aromatic hydroxyl groups is 1. The van der Waals surface area contributed by atoms with Crippen LogP contribution in [0.5, 0.6) is 5.75 Å². The Morgan fingerprint density at radius 2 is 1.93 bits per heavy atom. The number of likely N-dealkylation sites (tertiary alicyclic amines) is 1. The van der Waals surface area contributed by atoms with Gasteiger partial charge in [0.2, 0.25) is 0 Å². The summed E-state index contributed by atoms with van der Waals surface area (Å²) in [7, 11) is 0. The van der Waals surface area contributed by atoms with Gasteiger partial charge in [0.1, 0.15) is 5.75 Å². The normalized spacial score (nSPS) is 17.9. The van der Waals surface area contributed by atoms with E-state index in [1.807, 2.05) is 6.07 Å². The first-order chi connectivity index (χ1) is 7.27. The van der Waals surface area contributed by atoms with E-state index in [-0.39, 0.29) is 0 Å². The third kappa shape index (κ3) is 2.64. The number of phenols is 1. The monoisotopic (exact) mass is 225 g/mol. The van der Waals surface area contributed by atoms with Crippen molar-refractivity contribution in [2.75, 3.05) is 13.1 Å². The van der Waals surface area contributed by atoms with Crippen LogP contribution in [0.25, 0.3) is 0 Å². The van der Waals surface area contributed by atoms with E-state index in [1.165, 1.54) is 19.3 Å². The number of nitrogens with zero attached hydrogens (tertiary/aromatic N) is 1. The second kappa shape index (κ2) is 4.86. The molecule has 2 rings (SSSR count). The molecule has 1 aliphatic heterocycles. The highest BCUT2D eigenvalue weighted by Crippen LogP contribution is 2.27. The molecule has 0 saturated carbocycles. The summed E-state index contributed by atoms with van der Waals surface area (Å²) in [6.07, 6.45) is 3.83. The topological polar surface area (TPSA) is 23.5 Å². The SMILES string of the molecule is Oc1cccc(Cl)c1CN1CCCCC1. The lowest BCUT2D eigenvalue weighted by Crippen LogP contribution is -2.29. The average molecular weight is 226 g/mol. The summed E-state index contributed by atoms with van der Waals surface area (Å²) in [6, 6.07) is 5.31. The molecule has 0 atom stereocenters. The van der Waals surface area contributed by atoms with Gasteiger partial charge in [0.15, 0.2) is 0 Å². The van der Waals surface area contributed by atoms with Crippen molar-refractivity contribution in [3.63, 3.8) is 0 Å². The molecule has 1 N–H and O–H groups in total. The van der Waals surface area contributed by atoms with Crippen molar-refractivity contribution in [2.24, 2.45) is 0 Å². The predicted octanol–water partition coefficient (Wildman–Crippen LogP) is 3.03. The minimum absolute atomic E-state index is 0.313. The molecule has 0 spiro atoms. The second-order valence-electron chi connectivity index (χ2n) is 4.07. The quantitative estimate of drug-likeness (QED) is 0.837. The van der Waals surface area contributed by atoms with Gasteiger partial charge in [-0.05, 0) is 38.1 Å². The zero-order valence-electron chi connectivity index (χ0n) is 8.75. The highest BCUT2D eigenvalue weighted by molar-refractivity contribution is 6.31. The Morgan fingerprint density at radius 3 is 2.60 bits per heavy atom. The maximum absolute atomic E-state index is 9.71. The van der Waals surface area contributed by atoms with Crippen molar-refractivity contribution in [3.8, 4) is 5.75 Å². The van der Waals surface area contributed by atoms with E-state index in [1.54, 1.807) is 12.1 Å². The van der Waals surface area contributed by atoms with Gasteiger partial charge in [0.05, 0.1) is 0 Å². The van der Waals surface area contributed by atoms with Gasteiger partial charge in [0.25, 0.3) is 0 Å². The van der Waals surface area contributed by atoms with E-state index in [4.69, 9.17) is 11.6 Å². The van der Waals surface area contributed by atoms with Crippen molar-refractivity contribution in [3.05, 3.63) is 28.8 Å². The first-order valence-corrected chi connectivity index (χ1v) is 5.84. The molecule has 1 aliphatic rings. The molecular weight excluding hydrogens is 210 g/mol. The van der Waals surface area contributed by atoms with Gasteiger partial charge in [-0.3, -0.25) is 4.90 Å². The molecule has 1 aromatic rings. The van der Waals surface area contributed by atoms with Gasteiger partial charge < -0.3 is 5.11 Å². The van der Waals surface area contributed by atoms with E-state index in [0.29, 0.717) is 10.8 Å². The number of phenolic OH excluding ortho intramolecular Hbond substituents is 1. The Bertz CT molecular complexity index is 314. The minimum atomic E-state index is 0.313. The third-order valence-corrected chi connectivity index (χ3v) is 3.28. The molecule has 15 heavy (non-hydrogen) atoms. The Hall–Kier alpha value is -0.730. The first kappa shape index (κ1) is 10.8. The molecule has 0 unspecified atom stereocenters. The molecule has 3 heteroatoms. The van der Waals surface area contributed by atoms with Gasteiger partial charge in [-0.15, -0.1) is 0 Å². The summed E-state index contributed by atoms with van der Waals surface area (Å²) >= 11 is 6.06. The molecule has 1 heterocycles. The van der Waals surface area contributed by atoms with E-state index in [9.17, 15) is 5.11 Å². The first-order valence-electron chi connectivity index (χ1n) is 5.46. The number of benzene rings is 1. The lowest BCUT2D eigenvalue weighted by Gasteiger charge is -2.26. The zero-order valence-corrected chi connectivity index (χ0v) is 9.50. The summed E-state index contributed by atoms with van der Waals surface area (Å²) in [5, 5.41) is 10.4. The third-order valence-electron chi connectivity index (χ3n) is 2.92. The zero-order chi connectivity index (χ0) is 10.7. The molecule has 1 aromatic carbocycles. The molecule has 2 nitrogen and oxygen atoms in total. The van der Waals surface area contributed by atoms with Gasteiger partial charge >= 0.3 is 0 Å². The van der Waals surface area contributed by atoms with E-state index >= 15 is 0 Å². The van der Waals surface area contributed by atoms with Gasteiger partial charge in [0, 0.05) is 17.1 Å². The lowest BCUT2D eigenvalue weighted by atomic mass is 10.1. The Morgan fingerprint density at radius 1 is 1.20 bits per heavy atom. The van der Waals surface area contributed by atoms with Crippen LogP contribution in [-0.4, -0.2) is 23.1 Å². The Kier molecular flexibility index (Phi) is 3.49. The molecular formula is C12H16ClNO. The van der Waals surface area contributed by atoms with Crippen LogP contribution >= 0.6 is 11.6 Å². The second-order valence-corrected chi connectivity index (χ2v) is 4.48. The van der Waals surface area contributed by atoms with Crippen molar-refractivity contribution in [1.29, 1.82) is 0 Å². The van der Waals surface area contributed by atoms with Crippen LogP contribution in [0, 0.1) is 0 Å². The summed E-state index contributed by atoms with van der Waals surface area (Å²) in [6.45, 7) is 3.00. The van der Waals surface area contributed by atoms with E-state index in [0.717, 1.165) is 25.2 Å². The fourth-order valence-corrected chi connectivity index (χ4v) is 2.27. The Balaban J connectivity index is 2.09. The minimum Gasteiger partial charge on any atom is -0.508 e.